The second-order valence-electron chi connectivity index (χ2n) is 3.83. The third-order valence-electron chi connectivity index (χ3n) is 2.50. The largest absolute Gasteiger partial charge is 0.316 e. The highest BCUT2D eigenvalue weighted by Crippen LogP contribution is 2.13. The molecule has 0 aromatic rings. The topological polar surface area (TPSA) is 29.3 Å². The summed E-state index contributed by atoms with van der Waals surface area (Å²) in [5.41, 5.74) is 6.02. The first-order valence-electron chi connectivity index (χ1n) is 4.71. The van der Waals surface area contributed by atoms with E-state index in [9.17, 15) is 0 Å². The molecular formula is C9H20N2. The Morgan fingerprint density at radius 2 is 1.64 bits per heavy atom. The van der Waals surface area contributed by atoms with Gasteiger partial charge in [-0.3, -0.25) is 4.90 Å². The Morgan fingerprint density at radius 1 is 1.09 bits per heavy atom. The van der Waals surface area contributed by atoms with Crippen molar-refractivity contribution in [2.24, 2.45) is 11.7 Å². The third kappa shape index (κ3) is 2.46. The predicted molar refractivity (Wildman–Crippen MR) is 48.2 cm³/mol. The van der Waals surface area contributed by atoms with Crippen LogP contribution in [0.15, 0.2) is 0 Å². The lowest BCUT2D eigenvalue weighted by molar-refractivity contribution is 0.132. The van der Waals surface area contributed by atoms with E-state index in [1.807, 2.05) is 0 Å². The maximum Gasteiger partial charge on any atom is 0.0595 e. The normalized spacial score (nSPS) is 24.0. The SMILES string of the molecule is CC(C)C(N)N1CCCCC1. The molecule has 0 aromatic carbocycles. The molecule has 0 bridgehead atoms. The molecule has 0 spiro atoms. The minimum atomic E-state index is 0.287. The lowest BCUT2D eigenvalue weighted by Crippen LogP contribution is -2.47. The van der Waals surface area contributed by atoms with Gasteiger partial charge in [0.15, 0.2) is 0 Å². The van der Waals surface area contributed by atoms with Crippen molar-refractivity contribution in [2.75, 3.05) is 13.1 Å². The van der Waals surface area contributed by atoms with E-state index in [-0.39, 0.29) is 6.17 Å². The molecule has 0 aromatic heterocycles. The van der Waals surface area contributed by atoms with Crippen LogP contribution in [0.1, 0.15) is 33.1 Å². The van der Waals surface area contributed by atoms with Crippen molar-refractivity contribution in [3.8, 4) is 0 Å². The van der Waals surface area contributed by atoms with Crippen molar-refractivity contribution in [1.82, 2.24) is 4.90 Å². The summed E-state index contributed by atoms with van der Waals surface area (Å²) in [7, 11) is 0. The summed E-state index contributed by atoms with van der Waals surface area (Å²) in [6, 6.07) is 0. The highest BCUT2D eigenvalue weighted by atomic mass is 15.2. The molecule has 2 N–H and O–H groups in total. The molecule has 2 heteroatoms. The van der Waals surface area contributed by atoms with Crippen molar-refractivity contribution in [3.05, 3.63) is 0 Å². The van der Waals surface area contributed by atoms with Crippen molar-refractivity contribution in [3.63, 3.8) is 0 Å². The lowest BCUT2D eigenvalue weighted by Gasteiger charge is -2.34. The first-order chi connectivity index (χ1) is 5.22. The molecule has 1 saturated heterocycles. The van der Waals surface area contributed by atoms with Crippen LogP contribution < -0.4 is 5.73 Å². The molecule has 1 aliphatic heterocycles. The van der Waals surface area contributed by atoms with Crippen LogP contribution in [0.2, 0.25) is 0 Å². The van der Waals surface area contributed by atoms with Crippen molar-refractivity contribution in [1.29, 1.82) is 0 Å². The smallest absolute Gasteiger partial charge is 0.0595 e. The molecule has 2 nitrogen and oxygen atoms in total. The zero-order valence-corrected chi connectivity index (χ0v) is 7.71. The van der Waals surface area contributed by atoms with E-state index in [1.165, 1.54) is 32.4 Å². The minimum Gasteiger partial charge on any atom is -0.316 e. The second kappa shape index (κ2) is 4.07. The average molecular weight is 156 g/mol. The fourth-order valence-electron chi connectivity index (χ4n) is 1.64. The quantitative estimate of drug-likeness (QED) is 0.655. The first-order valence-corrected chi connectivity index (χ1v) is 4.71. The molecule has 1 fully saturated rings. The molecular weight excluding hydrogens is 136 g/mol. The molecule has 0 radical (unpaired) electrons. The number of hydrogen-bond acceptors (Lipinski definition) is 2. The van der Waals surface area contributed by atoms with E-state index >= 15 is 0 Å². The lowest BCUT2D eigenvalue weighted by atomic mass is 10.1. The highest BCUT2D eigenvalue weighted by molar-refractivity contribution is 4.72. The zero-order valence-electron chi connectivity index (χ0n) is 7.71. The Bertz CT molecular complexity index is 106. The molecule has 0 aliphatic carbocycles. The monoisotopic (exact) mass is 156 g/mol. The number of rotatable bonds is 2. The van der Waals surface area contributed by atoms with Crippen LogP contribution in [0, 0.1) is 5.92 Å². The Kier molecular flexibility index (Phi) is 3.34. The molecule has 66 valence electrons. The van der Waals surface area contributed by atoms with Gasteiger partial charge in [0, 0.05) is 0 Å². The van der Waals surface area contributed by atoms with Gasteiger partial charge in [-0.1, -0.05) is 20.3 Å². The Labute approximate surface area is 69.8 Å². The molecule has 1 unspecified atom stereocenters. The van der Waals surface area contributed by atoms with Crippen LogP contribution in [0.25, 0.3) is 0 Å². The summed E-state index contributed by atoms with van der Waals surface area (Å²) >= 11 is 0. The van der Waals surface area contributed by atoms with Gasteiger partial charge < -0.3 is 5.73 Å². The van der Waals surface area contributed by atoms with Crippen LogP contribution >= 0.6 is 0 Å². The van der Waals surface area contributed by atoms with Gasteiger partial charge >= 0.3 is 0 Å². The van der Waals surface area contributed by atoms with E-state index < -0.39 is 0 Å². The summed E-state index contributed by atoms with van der Waals surface area (Å²) < 4.78 is 0. The maximum absolute atomic E-state index is 6.02. The molecule has 0 saturated carbocycles. The van der Waals surface area contributed by atoms with E-state index in [0.29, 0.717) is 5.92 Å². The van der Waals surface area contributed by atoms with Crippen LogP contribution in [0.5, 0.6) is 0 Å². The van der Waals surface area contributed by atoms with E-state index in [0.717, 1.165) is 0 Å². The Balaban J connectivity index is 2.32. The van der Waals surface area contributed by atoms with Crippen LogP contribution in [0.4, 0.5) is 0 Å². The molecule has 1 heterocycles. The maximum atomic E-state index is 6.02. The second-order valence-corrected chi connectivity index (χ2v) is 3.83. The Hall–Kier alpha value is -0.0800. The number of nitrogens with two attached hydrogens (primary N) is 1. The van der Waals surface area contributed by atoms with Gasteiger partial charge in [0.25, 0.3) is 0 Å². The standard InChI is InChI=1S/C9H20N2/c1-8(2)9(10)11-6-4-3-5-7-11/h8-9H,3-7,10H2,1-2H3. The molecule has 1 rings (SSSR count). The van der Waals surface area contributed by atoms with Crippen LogP contribution in [0.3, 0.4) is 0 Å². The number of likely N-dealkylation sites (tertiary alicyclic amines) is 1. The zero-order chi connectivity index (χ0) is 8.27. The van der Waals surface area contributed by atoms with Gasteiger partial charge in [-0.05, 0) is 31.8 Å². The molecule has 1 atom stereocenters. The summed E-state index contributed by atoms with van der Waals surface area (Å²) in [5, 5.41) is 0. The van der Waals surface area contributed by atoms with Gasteiger partial charge in [-0.2, -0.15) is 0 Å². The van der Waals surface area contributed by atoms with Crippen molar-refractivity contribution < 1.29 is 0 Å². The van der Waals surface area contributed by atoms with Gasteiger partial charge in [0.1, 0.15) is 0 Å². The van der Waals surface area contributed by atoms with E-state index in [1.54, 1.807) is 0 Å². The fourth-order valence-corrected chi connectivity index (χ4v) is 1.64. The molecule has 0 amide bonds. The number of piperidine rings is 1. The van der Waals surface area contributed by atoms with Crippen LogP contribution in [-0.2, 0) is 0 Å². The summed E-state index contributed by atoms with van der Waals surface area (Å²) in [5.74, 6) is 0.591. The van der Waals surface area contributed by atoms with Gasteiger partial charge in [-0.15, -0.1) is 0 Å². The van der Waals surface area contributed by atoms with Gasteiger partial charge in [0.05, 0.1) is 6.17 Å². The van der Waals surface area contributed by atoms with Crippen molar-refractivity contribution >= 4 is 0 Å². The Morgan fingerprint density at radius 3 is 2.09 bits per heavy atom. The molecule has 1 aliphatic rings. The average Bonchev–Trinajstić information content (AvgIpc) is 2.05. The third-order valence-corrected chi connectivity index (χ3v) is 2.50. The van der Waals surface area contributed by atoms with Gasteiger partial charge in [0.2, 0.25) is 0 Å². The number of nitrogens with zero attached hydrogens (tertiary/aromatic N) is 1. The summed E-state index contributed by atoms with van der Waals surface area (Å²) in [6.45, 7) is 6.80. The summed E-state index contributed by atoms with van der Waals surface area (Å²) in [6.07, 6.45) is 4.35. The van der Waals surface area contributed by atoms with Crippen molar-refractivity contribution in [2.45, 2.75) is 39.3 Å². The van der Waals surface area contributed by atoms with E-state index in [4.69, 9.17) is 5.73 Å². The predicted octanol–water partition coefficient (Wildman–Crippen LogP) is 1.41. The first kappa shape index (κ1) is 9.01. The van der Waals surface area contributed by atoms with Crippen LogP contribution in [-0.4, -0.2) is 24.2 Å². The minimum absolute atomic E-state index is 0.287. The van der Waals surface area contributed by atoms with Gasteiger partial charge in [-0.25, -0.2) is 0 Å². The van der Waals surface area contributed by atoms with E-state index in [2.05, 4.69) is 18.7 Å². The molecule has 11 heavy (non-hydrogen) atoms. The fraction of sp³-hybridized carbons (Fsp3) is 1.00. The highest BCUT2D eigenvalue weighted by Gasteiger charge is 2.18. The summed E-state index contributed by atoms with van der Waals surface area (Å²) in [4.78, 5) is 2.41. The number of hydrogen-bond donors (Lipinski definition) is 1.